The summed E-state index contributed by atoms with van der Waals surface area (Å²) >= 11 is 0. The van der Waals surface area contributed by atoms with E-state index in [1.165, 1.54) is 12.5 Å². The Morgan fingerprint density at radius 2 is 1.92 bits per heavy atom. The lowest BCUT2D eigenvalue weighted by Gasteiger charge is -2.32. The normalized spacial score (nSPS) is 19.7. The number of aryl methyl sites for hydroxylation is 1. The summed E-state index contributed by atoms with van der Waals surface area (Å²) in [5, 5.41) is 11.0. The van der Waals surface area contributed by atoms with E-state index in [1.807, 2.05) is 26.8 Å². The molecule has 0 radical (unpaired) electrons. The SMILES string of the molecule is C=C(C)[C@@H]1CCC(C)=C[C@H]1c1c(O)cc(CCC)cc1OC(=O)OC(C)OP(=O)(O)OCc1ccccc1. The molecule has 0 aromatic heterocycles. The third kappa shape index (κ3) is 8.30. The molecule has 38 heavy (non-hydrogen) atoms. The number of carbonyl (C=O) groups excluding carboxylic acids is 1. The van der Waals surface area contributed by atoms with Crippen LogP contribution in [0.4, 0.5) is 4.79 Å². The van der Waals surface area contributed by atoms with E-state index in [1.54, 1.807) is 36.4 Å². The van der Waals surface area contributed by atoms with Crippen molar-refractivity contribution in [2.75, 3.05) is 0 Å². The van der Waals surface area contributed by atoms with E-state index >= 15 is 0 Å². The van der Waals surface area contributed by atoms with Crippen LogP contribution in [0, 0.1) is 5.92 Å². The van der Waals surface area contributed by atoms with Crippen LogP contribution in [-0.2, 0) is 31.4 Å². The van der Waals surface area contributed by atoms with Crippen molar-refractivity contribution in [3.63, 3.8) is 0 Å². The van der Waals surface area contributed by atoms with Gasteiger partial charge in [-0.25, -0.2) is 13.9 Å². The average molecular weight is 545 g/mol. The molecule has 0 amide bonds. The zero-order chi connectivity index (χ0) is 27.9. The monoisotopic (exact) mass is 544 g/mol. The first-order chi connectivity index (χ1) is 18.0. The van der Waals surface area contributed by atoms with Gasteiger partial charge in [0.2, 0.25) is 6.29 Å². The zero-order valence-corrected chi connectivity index (χ0v) is 23.3. The van der Waals surface area contributed by atoms with Crippen molar-refractivity contribution in [1.29, 1.82) is 0 Å². The Bertz CT molecular complexity index is 1210. The second-order valence-corrected chi connectivity index (χ2v) is 11.1. The predicted molar refractivity (Wildman–Crippen MR) is 145 cm³/mol. The molecule has 2 aromatic carbocycles. The minimum absolute atomic E-state index is 0.0272. The predicted octanol–water partition coefficient (Wildman–Crippen LogP) is 7.56. The van der Waals surface area contributed by atoms with Crippen LogP contribution >= 0.6 is 7.82 Å². The van der Waals surface area contributed by atoms with Crippen LogP contribution in [0.15, 0.2) is 66.3 Å². The fraction of sp³-hybridized carbons (Fsp3) is 0.414. The number of carbonyl (C=O) groups is 1. The molecule has 206 valence electrons. The van der Waals surface area contributed by atoms with Gasteiger partial charge in [0.15, 0.2) is 0 Å². The lowest BCUT2D eigenvalue weighted by Crippen LogP contribution is -2.22. The highest BCUT2D eigenvalue weighted by molar-refractivity contribution is 7.47. The van der Waals surface area contributed by atoms with Crippen LogP contribution in [0.25, 0.3) is 0 Å². The first kappa shape index (κ1) is 29.7. The maximum absolute atomic E-state index is 12.7. The van der Waals surface area contributed by atoms with E-state index < -0.39 is 20.3 Å². The minimum Gasteiger partial charge on any atom is -0.507 e. The molecule has 9 heteroatoms. The van der Waals surface area contributed by atoms with Crippen molar-refractivity contribution in [1.82, 2.24) is 0 Å². The Morgan fingerprint density at radius 1 is 1.21 bits per heavy atom. The number of rotatable bonds is 11. The zero-order valence-electron chi connectivity index (χ0n) is 22.4. The fourth-order valence-electron chi connectivity index (χ4n) is 4.65. The molecule has 8 nitrogen and oxygen atoms in total. The maximum Gasteiger partial charge on any atom is 0.516 e. The molecule has 2 unspecified atom stereocenters. The summed E-state index contributed by atoms with van der Waals surface area (Å²) in [6.45, 7) is 11.3. The Labute approximate surface area is 224 Å². The highest BCUT2D eigenvalue weighted by Crippen LogP contribution is 2.48. The van der Waals surface area contributed by atoms with Crippen LogP contribution in [0.1, 0.15) is 69.6 Å². The van der Waals surface area contributed by atoms with Crippen LogP contribution in [0.5, 0.6) is 11.5 Å². The number of phenols is 1. The van der Waals surface area contributed by atoms with Gasteiger partial charge in [-0.15, -0.1) is 0 Å². The molecular weight excluding hydrogens is 507 g/mol. The number of ether oxygens (including phenoxy) is 2. The molecule has 1 aliphatic rings. The number of hydrogen-bond donors (Lipinski definition) is 2. The third-order valence-corrected chi connectivity index (χ3v) is 7.43. The number of phosphoric acid groups is 1. The number of allylic oxidation sites excluding steroid dienone is 3. The summed E-state index contributed by atoms with van der Waals surface area (Å²) < 4.78 is 33.0. The van der Waals surface area contributed by atoms with Gasteiger partial charge in [0.25, 0.3) is 0 Å². The average Bonchev–Trinajstić information content (AvgIpc) is 2.83. The van der Waals surface area contributed by atoms with Gasteiger partial charge < -0.3 is 19.5 Å². The molecular formula is C29H37O8P. The summed E-state index contributed by atoms with van der Waals surface area (Å²) in [5.74, 6) is 0.0153. The van der Waals surface area contributed by atoms with Gasteiger partial charge in [0.1, 0.15) is 11.5 Å². The number of hydrogen-bond acceptors (Lipinski definition) is 7. The van der Waals surface area contributed by atoms with E-state index in [0.717, 1.165) is 30.4 Å². The molecule has 0 fully saturated rings. The lowest BCUT2D eigenvalue weighted by atomic mass is 9.73. The van der Waals surface area contributed by atoms with Crippen molar-refractivity contribution >= 4 is 14.0 Å². The number of benzene rings is 2. The van der Waals surface area contributed by atoms with Crippen LogP contribution in [0.2, 0.25) is 0 Å². The quantitative estimate of drug-likeness (QED) is 0.0980. The lowest BCUT2D eigenvalue weighted by molar-refractivity contribution is -0.0553. The number of phenolic OH excluding ortho intramolecular Hbond substituents is 1. The minimum atomic E-state index is -4.53. The van der Waals surface area contributed by atoms with Gasteiger partial charge in [-0.3, -0.25) is 4.52 Å². The van der Waals surface area contributed by atoms with Gasteiger partial charge in [-0.05, 0) is 69.2 Å². The second kappa shape index (κ2) is 13.3. The Kier molecular flexibility index (Phi) is 10.3. The summed E-state index contributed by atoms with van der Waals surface area (Å²) in [7, 11) is -4.53. The standard InChI is InChI=1S/C29H37O8P/c1-6-10-23-16-26(30)28(25-15-20(4)13-14-24(25)19(2)3)27(17-23)36-29(31)35-21(5)37-38(32,33)34-18-22-11-8-7-9-12-22/h7-9,11-12,15-17,21,24-25,30H,2,6,10,13-14,18H2,1,3-5H3,(H,32,33)/t21?,24-,25+/m0/s1. The highest BCUT2D eigenvalue weighted by atomic mass is 31.2. The van der Waals surface area contributed by atoms with E-state index in [0.29, 0.717) is 17.5 Å². The van der Waals surface area contributed by atoms with Crippen molar-refractivity contribution in [3.8, 4) is 11.5 Å². The summed E-state index contributed by atoms with van der Waals surface area (Å²) in [6, 6.07) is 12.2. The van der Waals surface area contributed by atoms with Crippen molar-refractivity contribution in [2.45, 2.75) is 72.2 Å². The van der Waals surface area contributed by atoms with Crippen molar-refractivity contribution in [3.05, 3.63) is 83.0 Å². The Balaban J connectivity index is 1.76. The molecule has 0 heterocycles. The smallest absolute Gasteiger partial charge is 0.507 e. The molecule has 3 rings (SSSR count). The molecule has 2 N–H and O–H groups in total. The first-order valence-electron chi connectivity index (χ1n) is 12.8. The molecule has 1 aliphatic carbocycles. The van der Waals surface area contributed by atoms with Crippen LogP contribution < -0.4 is 4.74 Å². The van der Waals surface area contributed by atoms with E-state index in [-0.39, 0.29) is 29.9 Å². The van der Waals surface area contributed by atoms with Gasteiger partial charge in [-0.2, -0.15) is 0 Å². The molecule has 0 spiro atoms. The largest absolute Gasteiger partial charge is 0.516 e. The summed E-state index contributed by atoms with van der Waals surface area (Å²) in [6.07, 6.45) is 2.79. The van der Waals surface area contributed by atoms with E-state index in [2.05, 4.69) is 12.7 Å². The molecule has 2 aromatic rings. The first-order valence-corrected chi connectivity index (χ1v) is 14.2. The van der Waals surface area contributed by atoms with E-state index in [4.69, 9.17) is 18.5 Å². The topological polar surface area (TPSA) is 112 Å². The molecule has 4 atom stereocenters. The molecule has 0 bridgehead atoms. The van der Waals surface area contributed by atoms with Gasteiger partial charge in [0, 0.05) is 11.5 Å². The van der Waals surface area contributed by atoms with Gasteiger partial charge in [-0.1, -0.05) is 67.5 Å². The highest BCUT2D eigenvalue weighted by Gasteiger charge is 2.32. The second-order valence-electron chi connectivity index (χ2n) is 9.68. The Morgan fingerprint density at radius 3 is 2.58 bits per heavy atom. The maximum atomic E-state index is 12.7. The van der Waals surface area contributed by atoms with Gasteiger partial charge in [0.05, 0.1) is 6.61 Å². The summed E-state index contributed by atoms with van der Waals surface area (Å²) in [5.41, 5.74) is 4.10. The molecule has 0 saturated heterocycles. The number of phosphoric ester groups is 1. The summed E-state index contributed by atoms with van der Waals surface area (Å²) in [4.78, 5) is 22.8. The van der Waals surface area contributed by atoms with Crippen LogP contribution in [0.3, 0.4) is 0 Å². The van der Waals surface area contributed by atoms with E-state index in [9.17, 15) is 19.4 Å². The van der Waals surface area contributed by atoms with Gasteiger partial charge >= 0.3 is 14.0 Å². The number of aromatic hydroxyl groups is 1. The fourth-order valence-corrected chi connectivity index (χ4v) is 5.44. The Hall–Kier alpha value is -2.90. The van der Waals surface area contributed by atoms with Crippen molar-refractivity contribution in [2.24, 2.45) is 5.92 Å². The molecule has 0 saturated carbocycles. The van der Waals surface area contributed by atoms with Crippen LogP contribution in [-0.4, -0.2) is 22.4 Å². The van der Waals surface area contributed by atoms with Crippen molar-refractivity contribution < 1.29 is 37.9 Å². The third-order valence-electron chi connectivity index (χ3n) is 6.41. The molecule has 0 aliphatic heterocycles.